The summed E-state index contributed by atoms with van der Waals surface area (Å²) in [6.45, 7) is 0.256. The Morgan fingerprint density at radius 1 is 1.19 bits per heavy atom. The molecule has 0 unspecified atom stereocenters. The highest BCUT2D eigenvalue weighted by Gasteiger charge is 2.04. The summed E-state index contributed by atoms with van der Waals surface area (Å²) in [7, 11) is -2.97. The number of ether oxygens (including phenoxy) is 1. The lowest BCUT2D eigenvalue weighted by atomic mass is 10.4. The summed E-state index contributed by atoms with van der Waals surface area (Å²) in [5.74, 6) is 0.677. The highest BCUT2D eigenvalue weighted by atomic mass is 32.2. The zero-order chi connectivity index (χ0) is 15.1. The average Bonchev–Trinajstić information content (AvgIpc) is 2.44. The molecule has 0 radical (unpaired) electrons. The SMILES string of the molecule is CS(=O)(=O)CCCOc1nccc(Nc2ccncc2)n1. The number of sulfone groups is 1. The van der Waals surface area contributed by atoms with Crippen molar-refractivity contribution in [3.05, 3.63) is 36.8 Å². The molecular formula is C13H16N4O3S. The van der Waals surface area contributed by atoms with Crippen LogP contribution in [0.2, 0.25) is 0 Å². The predicted molar refractivity (Wildman–Crippen MR) is 79.4 cm³/mol. The second kappa shape index (κ2) is 6.98. The highest BCUT2D eigenvalue weighted by Crippen LogP contribution is 2.14. The fourth-order valence-electron chi connectivity index (χ4n) is 1.55. The number of nitrogens with zero attached hydrogens (tertiary/aromatic N) is 3. The van der Waals surface area contributed by atoms with Crippen LogP contribution in [0.1, 0.15) is 6.42 Å². The Labute approximate surface area is 123 Å². The highest BCUT2D eigenvalue weighted by molar-refractivity contribution is 7.90. The van der Waals surface area contributed by atoms with Gasteiger partial charge < -0.3 is 10.1 Å². The third kappa shape index (κ3) is 5.74. The number of nitrogens with one attached hydrogen (secondary N) is 1. The van der Waals surface area contributed by atoms with Gasteiger partial charge in [-0.2, -0.15) is 4.98 Å². The van der Waals surface area contributed by atoms with E-state index in [1.165, 1.54) is 6.26 Å². The summed E-state index contributed by atoms with van der Waals surface area (Å²) < 4.78 is 27.3. The topological polar surface area (TPSA) is 94.1 Å². The normalized spacial score (nSPS) is 11.1. The van der Waals surface area contributed by atoms with E-state index < -0.39 is 9.84 Å². The van der Waals surface area contributed by atoms with Crippen LogP contribution in [0.5, 0.6) is 6.01 Å². The van der Waals surface area contributed by atoms with Crippen LogP contribution in [0, 0.1) is 0 Å². The lowest BCUT2D eigenvalue weighted by Crippen LogP contribution is -2.09. The van der Waals surface area contributed by atoms with Crippen LogP contribution in [0.25, 0.3) is 0 Å². The molecule has 7 nitrogen and oxygen atoms in total. The van der Waals surface area contributed by atoms with Crippen molar-refractivity contribution in [2.24, 2.45) is 0 Å². The van der Waals surface area contributed by atoms with E-state index in [9.17, 15) is 8.42 Å². The van der Waals surface area contributed by atoms with Crippen molar-refractivity contribution in [3.8, 4) is 6.01 Å². The van der Waals surface area contributed by atoms with Crippen LogP contribution in [0.3, 0.4) is 0 Å². The maximum absolute atomic E-state index is 11.0. The summed E-state index contributed by atoms with van der Waals surface area (Å²) in [6.07, 6.45) is 6.52. The molecule has 8 heteroatoms. The molecular weight excluding hydrogens is 292 g/mol. The number of anilines is 2. The van der Waals surface area contributed by atoms with Gasteiger partial charge in [-0.1, -0.05) is 0 Å². The van der Waals surface area contributed by atoms with Gasteiger partial charge in [-0.05, 0) is 24.6 Å². The standard InChI is InChI=1S/C13H16N4O3S/c1-21(18,19)10-2-9-20-13-15-8-5-12(17-13)16-11-3-6-14-7-4-11/h3-8H,2,9-10H2,1H3,(H,14,15,16,17). The Hall–Kier alpha value is -2.22. The fourth-order valence-corrected chi connectivity index (χ4v) is 2.19. The maximum atomic E-state index is 11.0. The predicted octanol–water partition coefficient (Wildman–Crippen LogP) is 1.43. The van der Waals surface area contributed by atoms with Crippen molar-refractivity contribution < 1.29 is 13.2 Å². The Balaban J connectivity index is 1.89. The molecule has 112 valence electrons. The third-order valence-corrected chi connectivity index (χ3v) is 3.51. The minimum atomic E-state index is -2.97. The van der Waals surface area contributed by atoms with Crippen LogP contribution in [0.15, 0.2) is 36.8 Å². The minimum absolute atomic E-state index is 0.0853. The summed E-state index contributed by atoms with van der Waals surface area (Å²) >= 11 is 0. The average molecular weight is 308 g/mol. The van der Waals surface area contributed by atoms with E-state index in [0.717, 1.165) is 5.69 Å². The third-order valence-electron chi connectivity index (χ3n) is 2.48. The van der Waals surface area contributed by atoms with Gasteiger partial charge in [0.05, 0.1) is 12.4 Å². The van der Waals surface area contributed by atoms with Gasteiger partial charge in [-0.3, -0.25) is 4.98 Å². The summed E-state index contributed by atoms with van der Waals surface area (Å²) in [5, 5.41) is 3.09. The number of pyridine rings is 1. The van der Waals surface area contributed by atoms with E-state index in [1.54, 1.807) is 24.7 Å². The van der Waals surface area contributed by atoms with Gasteiger partial charge in [-0.25, -0.2) is 13.4 Å². The first-order chi connectivity index (χ1) is 10.0. The van der Waals surface area contributed by atoms with Gasteiger partial charge in [0, 0.05) is 30.5 Å². The second-order valence-electron chi connectivity index (χ2n) is 4.42. The Morgan fingerprint density at radius 3 is 2.67 bits per heavy atom. The maximum Gasteiger partial charge on any atom is 0.318 e. The van der Waals surface area contributed by atoms with Crippen molar-refractivity contribution in [1.29, 1.82) is 0 Å². The molecule has 0 saturated carbocycles. The summed E-state index contributed by atoms with van der Waals surface area (Å²) in [5.41, 5.74) is 0.853. The van der Waals surface area contributed by atoms with Crippen LogP contribution < -0.4 is 10.1 Å². The Kier molecular flexibility index (Phi) is 5.04. The molecule has 0 aliphatic heterocycles. The van der Waals surface area contributed by atoms with Crippen molar-refractivity contribution in [2.75, 3.05) is 23.9 Å². The smallest absolute Gasteiger partial charge is 0.318 e. The van der Waals surface area contributed by atoms with Gasteiger partial charge in [0.2, 0.25) is 0 Å². The number of rotatable bonds is 7. The molecule has 2 heterocycles. The monoisotopic (exact) mass is 308 g/mol. The van der Waals surface area contributed by atoms with E-state index >= 15 is 0 Å². The number of hydrogen-bond donors (Lipinski definition) is 1. The van der Waals surface area contributed by atoms with Crippen molar-refractivity contribution in [1.82, 2.24) is 15.0 Å². The van der Waals surface area contributed by atoms with Crippen LogP contribution in [-0.4, -0.2) is 42.0 Å². The van der Waals surface area contributed by atoms with E-state index in [0.29, 0.717) is 12.2 Å². The molecule has 0 fully saturated rings. The van der Waals surface area contributed by atoms with Crippen molar-refractivity contribution in [3.63, 3.8) is 0 Å². The molecule has 0 amide bonds. The summed E-state index contributed by atoms with van der Waals surface area (Å²) in [6, 6.07) is 5.55. The number of aromatic nitrogens is 3. The minimum Gasteiger partial charge on any atom is -0.463 e. The zero-order valence-electron chi connectivity index (χ0n) is 11.6. The number of hydrogen-bond acceptors (Lipinski definition) is 7. The molecule has 0 aliphatic carbocycles. The summed E-state index contributed by atoms with van der Waals surface area (Å²) in [4.78, 5) is 12.1. The zero-order valence-corrected chi connectivity index (χ0v) is 12.4. The van der Waals surface area contributed by atoms with Crippen molar-refractivity contribution in [2.45, 2.75) is 6.42 Å². The van der Waals surface area contributed by atoms with Gasteiger partial charge in [0.15, 0.2) is 0 Å². The molecule has 0 atom stereocenters. The van der Waals surface area contributed by atoms with E-state index in [-0.39, 0.29) is 18.4 Å². The molecule has 0 saturated heterocycles. The van der Waals surface area contributed by atoms with Gasteiger partial charge in [0.1, 0.15) is 15.7 Å². The largest absolute Gasteiger partial charge is 0.463 e. The Morgan fingerprint density at radius 2 is 1.95 bits per heavy atom. The first-order valence-corrected chi connectivity index (χ1v) is 8.40. The van der Waals surface area contributed by atoms with Crippen LogP contribution >= 0.6 is 0 Å². The first kappa shape index (κ1) is 15.2. The van der Waals surface area contributed by atoms with E-state index in [4.69, 9.17) is 4.74 Å². The molecule has 21 heavy (non-hydrogen) atoms. The van der Waals surface area contributed by atoms with E-state index in [2.05, 4.69) is 20.3 Å². The van der Waals surface area contributed by atoms with Crippen molar-refractivity contribution >= 4 is 21.3 Å². The van der Waals surface area contributed by atoms with Gasteiger partial charge >= 0.3 is 6.01 Å². The quantitative estimate of drug-likeness (QED) is 0.773. The molecule has 1 N–H and O–H groups in total. The van der Waals surface area contributed by atoms with E-state index in [1.807, 2.05) is 12.1 Å². The Bertz CT molecular complexity index is 677. The molecule has 2 aromatic rings. The van der Waals surface area contributed by atoms with Crippen LogP contribution in [-0.2, 0) is 9.84 Å². The molecule has 2 aromatic heterocycles. The molecule has 0 spiro atoms. The first-order valence-electron chi connectivity index (χ1n) is 6.33. The molecule has 2 rings (SSSR count). The lowest BCUT2D eigenvalue weighted by molar-refractivity contribution is 0.293. The van der Waals surface area contributed by atoms with Gasteiger partial charge in [-0.15, -0.1) is 0 Å². The fraction of sp³-hybridized carbons (Fsp3) is 0.308. The second-order valence-corrected chi connectivity index (χ2v) is 6.68. The molecule has 0 aromatic carbocycles. The lowest BCUT2D eigenvalue weighted by Gasteiger charge is -2.07. The van der Waals surface area contributed by atoms with Gasteiger partial charge in [0.25, 0.3) is 0 Å². The van der Waals surface area contributed by atoms with Crippen LogP contribution in [0.4, 0.5) is 11.5 Å². The molecule has 0 aliphatic rings. The molecule has 0 bridgehead atoms.